The van der Waals surface area contributed by atoms with Crippen LogP contribution < -0.4 is 5.32 Å². The molecule has 2 atom stereocenters. The van der Waals surface area contributed by atoms with Crippen LogP contribution in [0.15, 0.2) is 0 Å². The summed E-state index contributed by atoms with van der Waals surface area (Å²) in [5.74, 6) is 2.65. The minimum atomic E-state index is 0.797. The SMILES string of the molecule is CC(C)C[C]1CC[C@@H]2CC[C@H]1N2. The van der Waals surface area contributed by atoms with Crippen molar-refractivity contribution in [3.63, 3.8) is 0 Å². The molecular weight excluding hydrogens is 146 g/mol. The molecule has 1 N–H and O–H groups in total. The molecule has 0 saturated carbocycles. The average molecular weight is 166 g/mol. The molecule has 2 heterocycles. The first-order valence-corrected chi connectivity index (χ1v) is 5.36. The van der Waals surface area contributed by atoms with Crippen molar-refractivity contribution < 1.29 is 0 Å². The average Bonchev–Trinajstić information content (AvgIpc) is 2.39. The molecule has 1 heteroatoms. The smallest absolute Gasteiger partial charge is 0.0133 e. The fourth-order valence-corrected chi connectivity index (χ4v) is 2.67. The summed E-state index contributed by atoms with van der Waals surface area (Å²) in [4.78, 5) is 0. The molecule has 0 aromatic heterocycles. The molecule has 0 unspecified atom stereocenters. The Kier molecular flexibility index (Phi) is 2.40. The molecule has 1 radical (unpaired) electrons. The highest BCUT2D eigenvalue weighted by Crippen LogP contribution is 2.36. The van der Waals surface area contributed by atoms with Gasteiger partial charge in [0.2, 0.25) is 0 Å². The zero-order chi connectivity index (χ0) is 8.55. The lowest BCUT2D eigenvalue weighted by atomic mass is 9.85. The van der Waals surface area contributed by atoms with Gasteiger partial charge in [-0.25, -0.2) is 0 Å². The molecule has 1 nitrogen and oxygen atoms in total. The Balaban J connectivity index is 1.89. The zero-order valence-corrected chi connectivity index (χ0v) is 8.27. The Morgan fingerprint density at radius 2 is 2.17 bits per heavy atom. The second kappa shape index (κ2) is 3.37. The van der Waals surface area contributed by atoms with Gasteiger partial charge in [-0.3, -0.25) is 0 Å². The molecule has 0 spiro atoms. The van der Waals surface area contributed by atoms with Gasteiger partial charge in [0.25, 0.3) is 0 Å². The summed E-state index contributed by atoms with van der Waals surface area (Å²) in [6, 6.07) is 1.66. The van der Waals surface area contributed by atoms with E-state index in [1.165, 1.54) is 32.1 Å². The van der Waals surface area contributed by atoms with Crippen LogP contribution in [-0.4, -0.2) is 12.1 Å². The molecule has 2 rings (SSSR count). The highest BCUT2D eigenvalue weighted by Gasteiger charge is 2.35. The molecule has 2 fully saturated rings. The molecule has 69 valence electrons. The molecule has 0 aromatic carbocycles. The number of hydrogen-bond acceptors (Lipinski definition) is 1. The van der Waals surface area contributed by atoms with Crippen LogP contribution in [0.2, 0.25) is 0 Å². The Bertz CT molecular complexity index is 153. The Hall–Kier alpha value is -0.0400. The summed E-state index contributed by atoms with van der Waals surface area (Å²) in [6.07, 6.45) is 6.99. The van der Waals surface area contributed by atoms with E-state index in [1.807, 2.05) is 0 Å². The summed E-state index contributed by atoms with van der Waals surface area (Å²) >= 11 is 0. The Labute approximate surface area is 75.9 Å². The Morgan fingerprint density at radius 3 is 2.92 bits per heavy atom. The standard InChI is InChI=1S/C11H20N/c1-8(2)7-9-3-4-10-5-6-11(9)12-10/h8,10-12H,3-7H2,1-2H3/t10-,11-/m1/s1. The van der Waals surface area contributed by atoms with Crippen molar-refractivity contribution in [3.05, 3.63) is 5.92 Å². The van der Waals surface area contributed by atoms with Crippen LogP contribution >= 0.6 is 0 Å². The second-order valence-electron chi connectivity index (χ2n) is 4.79. The maximum Gasteiger partial charge on any atom is 0.0133 e. The lowest BCUT2D eigenvalue weighted by Crippen LogP contribution is -2.39. The first-order chi connectivity index (χ1) is 5.75. The van der Waals surface area contributed by atoms with Crippen molar-refractivity contribution >= 4 is 0 Å². The van der Waals surface area contributed by atoms with Gasteiger partial charge in [0.05, 0.1) is 0 Å². The third-order valence-corrected chi connectivity index (χ3v) is 3.22. The minimum Gasteiger partial charge on any atom is -0.311 e. The fraction of sp³-hybridized carbons (Fsp3) is 0.909. The van der Waals surface area contributed by atoms with Gasteiger partial charge in [0.1, 0.15) is 0 Å². The van der Waals surface area contributed by atoms with Crippen LogP contribution in [-0.2, 0) is 0 Å². The molecule has 2 bridgehead atoms. The third-order valence-electron chi connectivity index (χ3n) is 3.22. The second-order valence-corrected chi connectivity index (χ2v) is 4.79. The van der Waals surface area contributed by atoms with Crippen LogP contribution in [0.1, 0.15) is 46.0 Å². The van der Waals surface area contributed by atoms with Crippen LogP contribution in [0.3, 0.4) is 0 Å². The van der Waals surface area contributed by atoms with Gasteiger partial charge in [0.15, 0.2) is 0 Å². The number of piperidine rings is 1. The lowest BCUT2D eigenvalue weighted by Gasteiger charge is -2.30. The third kappa shape index (κ3) is 1.66. The van der Waals surface area contributed by atoms with Crippen LogP contribution in [0, 0.1) is 11.8 Å². The van der Waals surface area contributed by atoms with Crippen molar-refractivity contribution in [1.29, 1.82) is 0 Å². The van der Waals surface area contributed by atoms with E-state index in [-0.39, 0.29) is 0 Å². The summed E-state index contributed by atoms with van der Waals surface area (Å²) in [6.45, 7) is 4.65. The molecule has 0 aromatic rings. The highest BCUT2D eigenvalue weighted by atomic mass is 15.0. The van der Waals surface area contributed by atoms with E-state index < -0.39 is 0 Å². The van der Waals surface area contributed by atoms with E-state index in [0.717, 1.165) is 18.0 Å². The minimum absolute atomic E-state index is 0.797. The lowest BCUT2D eigenvalue weighted by molar-refractivity contribution is 0.392. The topological polar surface area (TPSA) is 12.0 Å². The molecule has 0 aliphatic carbocycles. The van der Waals surface area contributed by atoms with Crippen LogP contribution in [0.4, 0.5) is 0 Å². The van der Waals surface area contributed by atoms with Gasteiger partial charge in [-0.2, -0.15) is 0 Å². The van der Waals surface area contributed by atoms with E-state index in [0.29, 0.717) is 0 Å². The van der Waals surface area contributed by atoms with Crippen LogP contribution in [0.5, 0.6) is 0 Å². The molecular formula is C11H20N. The Morgan fingerprint density at radius 1 is 1.33 bits per heavy atom. The molecule has 2 saturated heterocycles. The predicted molar refractivity (Wildman–Crippen MR) is 51.9 cm³/mol. The fourth-order valence-electron chi connectivity index (χ4n) is 2.67. The largest absolute Gasteiger partial charge is 0.311 e. The summed E-state index contributed by atoms with van der Waals surface area (Å²) in [5.41, 5.74) is 0. The molecule has 2 aliphatic heterocycles. The number of fused-ring (bicyclic) bond motifs is 2. The van der Waals surface area contributed by atoms with E-state index in [1.54, 1.807) is 5.92 Å². The maximum atomic E-state index is 3.71. The van der Waals surface area contributed by atoms with Crippen molar-refractivity contribution in [3.8, 4) is 0 Å². The number of rotatable bonds is 2. The van der Waals surface area contributed by atoms with Gasteiger partial charge in [-0.15, -0.1) is 0 Å². The van der Waals surface area contributed by atoms with Gasteiger partial charge in [0, 0.05) is 12.1 Å². The predicted octanol–water partition coefficient (Wildman–Crippen LogP) is 2.52. The van der Waals surface area contributed by atoms with Crippen molar-refractivity contribution in [2.75, 3.05) is 0 Å². The quantitative estimate of drug-likeness (QED) is 0.664. The van der Waals surface area contributed by atoms with E-state index in [2.05, 4.69) is 19.2 Å². The van der Waals surface area contributed by atoms with Gasteiger partial charge >= 0.3 is 0 Å². The van der Waals surface area contributed by atoms with Gasteiger partial charge in [-0.05, 0) is 43.9 Å². The van der Waals surface area contributed by atoms with Gasteiger partial charge < -0.3 is 5.32 Å². The summed E-state index contributed by atoms with van der Waals surface area (Å²) in [5, 5.41) is 3.71. The normalized spacial score (nSPS) is 36.2. The molecule has 2 aliphatic rings. The molecule has 12 heavy (non-hydrogen) atoms. The maximum absolute atomic E-state index is 3.71. The van der Waals surface area contributed by atoms with Crippen molar-refractivity contribution in [2.24, 2.45) is 5.92 Å². The summed E-state index contributed by atoms with van der Waals surface area (Å²) < 4.78 is 0. The first-order valence-electron chi connectivity index (χ1n) is 5.36. The van der Waals surface area contributed by atoms with E-state index in [4.69, 9.17) is 0 Å². The van der Waals surface area contributed by atoms with Gasteiger partial charge in [-0.1, -0.05) is 13.8 Å². The number of nitrogens with one attached hydrogen (secondary N) is 1. The van der Waals surface area contributed by atoms with Crippen molar-refractivity contribution in [2.45, 2.75) is 58.0 Å². The number of hydrogen-bond donors (Lipinski definition) is 1. The van der Waals surface area contributed by atoms with E-state index >= 15 is 0 Å². The highest BCUT2D eigenvalue weighted by molar-refractivity contribution is 5.10. The van der Waals surface area contributed by atoms with E-state index in [9.17, 15) is 0 Å². The van der Waals surface area contributed by atoms with Crippen LogP contribution in [0.25, 0.3) is 0 Å². The summed E-state index contributed by atoms with van der Waals surface area (Å²) in [7, 11) is 0. The molecule has 0 amide bonds. The zero-order valence-electron chi connectivity index (χ0n) is 8.27. The first kappa shape index (κ1) is 8.55. The van der Waals surface area contributed by atoms with Crippen molar-refractivity contribution in [1.82, 2.24) is 5.32 Å². The monoisotopic (exact) mass is 166 g/mol.